The first-order chi connectivity index (χ1) is 9.04. The topological polar surface area (TPSA) is 49.8 Å². The first-order valence-electron chi connectivity index (χ1n) is 6.67. The van der Waals surface area contributed by atoms with Crippen LogP contribution in [-0.2, 0) is 4.79 Å². The lowest BCUT2D eigenvalue weighted by molar-refractivity contribution is -0.135. The summed E-state index contributed by atoms with van der Waals surface area (Å²) in [6.07, 6.45) is 0.164. The van der Waals surface area contributed by atoms with Gasteiger partial charge in [-0.25, -0.2) is 0 Å². The molecule has 0 saturated carbocycles. The largest absolute Gasteiger partial charge is 0.497 e. The molecule has 4 nitrogen and oxygen atoms in total. The van der Waals surface area contributed by atoms with E-state index >= 15 is 0 Å². The zero-order chi connectivity index (χ0) is 14.0. The molecule has 0 aliphatic carbocycles. The van der Waals surface area contributed by atoms with E-state index in [-0.39, 0.29) is 17.9 Å². The number of hydrogen-bond donors (Lipinski definition) is 1. The van der Waals surface area contributed by atoms with Crippen molar-refractivity contribution in [3.05, 3.63) is 29.8 Å². The molecule has 1 N–H and O–H groups in total. The number of aliphatic hydroxyl groups is 1. The van der Waals surface area contributed by atoms with Crippen LogP contribution in [0.25, 0.3) is 0 Å². The average Bonchev–Trinajstić information content (AvgIpc) is 2.80. The SMILES string of the molecule is COc1ccc(C(C)N2CCC(C(C)O)C2=O)cc1. The summed E-state index contributed by atoms with van der Waals surface area (Å²) < 4.78 is 5.13. The van der Waals surface area contributed by atoms with E-state index < -0.39 is 6.10 Å². The van der Waals surface area contributed by atoms with Crippen molar-refractivity contribution < 1.29 is 14.6 Å². The van der Waals surface area contributed by atoms with Crippen LogP contribution in [0.2, 0.25) is 0 Å². The number of nitrogens with zero attached hydrogens (tertiary/aromatic N) is 1. The Hall–Kier alpha value is -1.55. The lowest BCUT2D eigenvalue weighted by Crippen LogP contribution is -2.33. The van der Waals surface area contributed by atoms with E-state index in [9.17, 15) is 9.90 Å². The second-order valence-electron chi connectivity index (χ2n) is 5.12. The molecule has 3 atom stereocenters. The molecule has 0 aromatic heterocycles. The van der Waals surface area contributed by atoms with Gasteiger partial charge in [-0.15, -0.1) is 0 Å². The minimum atomic E-state index is -0.569. The normalized spacial score (nSPS) is 22.4. The fourth-order valence-electron chi connectivity index (χ4n) is 2.62. The molecule has 0 spiro atoms. The zero-order valence-electron chi connectivity index (χ0n) is 11.7. The number of methoxy groups -OCH3 is 1. The summed E-state index contributed by atoms with van der Waals surface area (Å²) in [5.74, 6) is 0.615. The molecule has 2 rings (SSSR count). The first-order valence-corrected chi connectivity index (χ1v) is 6.67. The fourth-order valence-corrected chi connectivity index (χ4v) is 2.62. The van der Waals surface area contributed by atoms with Gasteiger partial charge in [0.1, 0.15) is 5.75 Å². The second-order valence-corrected chi connectivity index (χ2v) is 5.12. The van der Waals surface area contributed by atoms with Crippen molar-refractivity contribution in [2.45, 2.75) is 32.4 Å². The van der Waals surface area contributed by atoms with Gasteiger partial charge in [0.2, 0.25) is 5.91 Å². The number of aliphatic hydroxyl groups excluding tert-OH is 1. The van der Waals surface area contributed by atoms with Gasteiger partial charge in [0.25, 0.3) is 0 Å². The van der Waals surface area contributed by atoms with Crippen LogP contribution in [0, 0.1) is 5.92 Å². The average molecular weight is 263 g/mol. The Morgan fingerprint density at radius 3 is 2.42 bits per heavy atom. The van der Waals surface area contributed by atoms with Gasteiger partial charge >= 0.3 is 0 Å². The Balaban J connectivity index is 2.11. The molecule has 1 aromatic rings. The van der Waals surface area contributed by atoms with E-state index in [4.69, 9.17) is 4.74 Å². The lowest BCUT2D eigenvalue weighted by Gasteiger charge is -2.25. The maximum atomic E-state index is 12.2. The Kier molecular flexibility index (Phi) is 4.10. The van der Waals surface area contributed by atoms with Crippen LogP contribution < -0.4 is 4.74 Å². The summed E-state index contributed by atoms with van der Waals surface area (Å²) in [4.78, 5) is 14.1. The maximum absolute atomic E-state index is 12.2. The molecule has 1 aromatic carbocycles. The number of amides is 1. The summed E-state index contributed by atoms with van der Waals surface area (Å²) in [5, 5.41) is 9.60. The Morgan fingerprint density at radius 2 is 1.95 bits per heavy atom. The Bertz CT molecular complexity index is 441. The molecule has 104 valence electrons. The number of likely N-dealkylation sites (tertiary alicyclic amines) is 1. The molecular weight excluding hydrogens is 242 g/mol. The van der Waals surface area contributed by atoms with Gasteiger partial charge in [0, 0.05) is 6.54 Å². The molecule has 0 bridgehead atoms. The van der Waals surface area contributed by atoms with Crippen LogP contribution in [-0.4, -0.2) is 35.7 Å². The van der Waals surface area contributed by atoms with Gasteiger partial charge in [-0.05, 0) is 38.0 Å². The first kappa shape index (κ1) is 13.9. The second kappa shape index (κ2) is 5.61. The van der Waals surface area contributed by atoms with E-state index in [1.165, 1.54) is 0 Å². The van der Waals surface area contributed by atoms with Crippen LogP contribution in [0.1, 0.15) is 31.9 Å². The number of carbonyl (C=O) groups is 1. The Labute approximate surface area is 114 Å². The highest BCUT2D eigenvalue weighted by molar-refractivity contribution is 5.81. The summed E-state index contributed by atoms with van der Waals surface area (Å²) in [6, 6.07) is 7.79. The number of rotatable bonds is 4. The van der Waals surface area contributed by atoms with Crippen LogP contribution in [0.5, 0.6) is 5.75 Å². The molecule has 1 aliphatic heterocycles. The summed E-state index contributed by atoms with van der Waals surface area (Å²) in [7, 11) is 1.63. The van der Waals surface area contributed by atoms with E-state index in [1.54, 1.807) is 14.0 Å². The predicted octanol–water partition coefficient (Wildman–Crippen LogP) is 1.99. The van der Waals surface area contributed by atoms with Crippen molar-refractivity contribution in [1.29, 1.82) is 0 Å². The minimum Gasteiger partial charge on any atom is -0.497 e. The van der Waals surface area contributed by atoms with Crippen molar-refractivity contribution in [3.63, 3.8) is 0 Å². The van der Waals surface area contributed by atoms with Gasteiger partial charge in [-0.3, -0.25) is 4.79 Å². The Morgan fingerprint density at radius 1 is 1.32 bits per heavy atom. The van der Waals surface area contributed by atoms with Gasteiger partial charge in [0.05, 0.1) is 25.2 Å². The van der Waals surface area contributed by atoms with Gasteiger partial charge in [0.15, 0.2) is 0 Å². The third kappa shape index (κ3) is 2.73. The molecule has 1 heterocycles. The number of hydrogen-bond acceptors (Lipinski definition) is 3. The van der Waals surface area contributed by atoms with Crippen molar-refractivity contribution >= 4 is 5.91 Å². The monoisotopic (exact) mass is 263 g/mol. The van der Waals surface area contributed by atoms with Crippen molar-refractivity contribution in [2.75, 3.05) is 13.7 Å². The fraction of sp³-hybridized carbons (Fsp3) is 0.533. The molecule has 3 unspecified atom stereocenters. The minimum absolute atomic E-state index is 0.0298. The molecule has 1 saturated heterocycles. The smallest absolute Gasteiger partial charge is 0.228 e. The third-order valence-electron chi connectivity index (χ3n) is 3.93. The highest BCUT2D eigenvalue weighted by Crippen LogP contribution is 2.30. The van der Waals surface area contributed by atoms with Gasteiger partial charge < -0.3 is 14.7 Å². The van der Waals surface area contributed by atoms with Crippen LogP contribution >= 0.6 is 0 Å². The van der Waals surface area contributed by atoms with E-state index in [1.807, 2.05) is 36.1 Å². The third-order valence-corrected chi connectivity index (χ3v) is 3.93. The standard InChI is InChI=1S/C15H21NO3/c1-10(12-4-6-13(19-3)7-5-12)16-9-8-14(11(2)17)15(16)18/h4-7,10-11,14,17H,8-9H2,1-3H3. The van der Waals surface area contributed by atoms with E-state index in [2.05, 4.69) is 0 Å². The highest BCUT2D eigenvalue weighted by atomic mass is 16.5. The number of carbonyl (C=O) groups excluding carboxylic acids is 1. The molecular formula is C15H21NO3. The number of benzene rings is 1. The van der Waals surface area contributed by atoms with Crippen molar-refractivity contribution in [3.8, 4) is 5.75 Å². The lowest BCUT2D eigenvalue weighted by atomic mass is 10.0. The zero-order valence-corrected chi connectivity index (χ0v) is 11.7. The molecule has 4 heteroatoms. The summed E-state index contributed by atoms with van der Waals surface area (Å²) >= 11 is 0. The van der Waals surface area contributed by atoms with E-state index in [0.29, 0.717) is 6.54 Å². The van der Waals surface area contributed by atoms with Crippen LogP contribution in [0.4, 0.5) is 0 Å². The highest BCUT2D eigenvalue weighted by Gasteiger charge is 2.37. The summed E-state index contributed by atoms with van der Waals surface area (Å²) in [6.45, 7) is 4.41. The molecule has 1 fully saturated rings. The predicted molar refractivity (Wildman–Crippen MR) is 72.9 cm³/mol. The number of ether oxygens (including phenoxy) is 1. The maximum Gasteiger partial charge on any atom is 0.228 e. The quantitative estimate of drug-likeness (QED) is 0.903. The van der Waals surface area contributed by atoms with Gasteiger partial charge in [-0.2, -0.15) is 0 Å². The van der Waals surface area contributed by atoms with Gasteiger partial charge in [-0.1, -0.05) is 12.1 Å². The van der Waals surface area contributed by atoms with E-state index in [0.717, 1.165) is 17.7 Å². The van der Waals surface area contributed by atoms with Crippen LogP contribution in [0.3, 0.4) is 0 Å². The molecule has 1 aliphatic rings. The van der Waals surface area contributed by atoms with Crippen molar-refractivity contribution in [1.82, 2.24) is 4.90 Å². The molecule has 19 heavy (non-hydrogen) atoms. The molecule has 0 radical (unpaired) electrons. The summed E-state index contributed by atoms with van der Waals surface area (Å²) in [5.41, 5.74) is 1.08. The van der Waals surface area contributed by atoms with Crippen molar-refractivity contribution in [2.24, 2.45) is 5.92 Å². The molecule has 1 amide bonds. The van der Waals surface area contributed by atoms with Crippen LogP contribution in [0.15, 0.2) is 24.3 Å².